The van der Waals surface area contributed by atoms with E-state index in [4.69, 9.17) is 11.6 Å². The first-order valence-electron chi connectivity index (χ1n) is 8.21. The standard InChI is InChI=1S/C20H18ClNOS/c1-12-9-10-15-17(11-12)24-19(18(15)21)20(23)22-16-8-4-6-13-5-2-3-7-14(13)16/h2-3,5,7,9-11,16H,4,6,8H2,1H3,(H,22,23)/t16-/m1/s1. The molecule has 1 N–H and O–H groups in total. The molecule has 2 nitrogen and oxygen atoms in total. The van der Waals surface area contributed by atoms with Crippen molar-refractivity contribution in [1.82, 2.24) is 5.32 Å². The predicted molar refractivity (Wildman–Crippen MR) is 101 cm³/mol. The van der Waals surface area contributed by atoms with E-state index in [-0.39, 0.29) is 11.9 Å². The zero-order chi connectivity index (χ0) is 16.7. The maximum atomic E-state index is 12.8. The molecule has 0 bridgehead atoms. The van der Waals surface area contributed by atoms with E-state index in [1.54, 1.807) is 0 Å². The molecular weight excluding hydrogens is 338 g/mol. The van der Waals surface area contributed by atoms with E-state index in [1.165, 1.54) is 28.0 Å². The van der Waals surface area contributed by atoms with Crippen molar-refractivity contribution in [3.8, 4) is 0 Å². The topological polar surface area (TPSA) is 29.1 Å². The minimum atomic E-state index is -0.0689. The summed E-state index contributed by atoms with van der Waals surface area (Å²) in [6, 6.07) is 14.6. The fraction of sp³-hybridized carbons (Fsp3) is 0.250. The van der Waals surface area contributed by atoms with Gasteiger partial charge in [0.2, 0.25) is 0 Å². The molecule has 24 heavy (non-hydrogen) atoms. The second kappa shape index (κ2) is 6.23. The molecule has 0 aliphatic heterocycles. The Balaban J connectivity index is 1.65. The molecule has 1 aliphatic carbocycles. The fourth-order valence-corrected chi connectivity index (χ4v) is 4.96. The number of amides is 1. The van der Waals surface area contributed by atoms with Crippen LogP contribution in [0.3, 0.4) is 0 Å². The van der Waals surface area contributed by atoms with Gasteiger partial charge in [-0.25, -0.2) is 0 Å². The lowest BCUT2D eigenvalue weighted by molar-refractivity contribution is 0.0937. The van der Waals surface area contributed by atoms with Crippen LogP contribution in [0, 0.1) is 6.92 Å². The summed E-state index contributed by atoms with van der Waals surface area (Å²) in [4.78, 5) is 13.4. The summed E-state index contributed by atoms with van der Waals surface area (Å²) in [6.45, 7) is 2.05. The summed E-state index contributed by atoms with van der Waals surface area (Å²) >= 11 is 7.94. The number of benzene rings is 2. The van der Waals surface area contributed by atoms with E-state index in [0.717, 1.165) is 29.3 Å². The van der Waals surface area contributed by atoms with Crippen LogP contribution in [0.5, 0.6) is 0 Å². The molecule has 1 aliphatic rings. The molecule has 0 unspecified atom stereocenters. The van der Waals surface area contributed by atoms with Crippen LogP contribution in [0.15, 0.2) is 42.5 Å². The molecule has 4 rings (SSSR count). The van der Waals surface area contributed by atoms with Crippen molar-refractivity contribution in [2.24, 2.45) is 0 Å². The number of fused-ring (bicyclic) bond motifs is 2. The van der Waals surface area contributed by atoms with Gasteiger partial charge in [-0.05, 0) is 48.9 Å². The third kappa shape index (κ3) is 2.72. The summed E-state index contributed by atoms with van der Waals surface area (Å²) in [5, 5.41) is 4.72. The molecule has 0 fully saturated rings. The van der Waals surface area contributed by atoms with Gasteiger partial charge >= 0.3 is 0 Å². The van der Waals surface area contributed by atoms with E-state index < -0.39 is 0 Å². The molecule has 0 saturated heterocycles. The van der Waals surface area contributed by atoms with Crippen LogP contribution in [-0.4, -0.2) is 5.91 Å². The minimum Gasteiger partial charge on any atom is -0.344 e. The summed E-state index contributed by atoms with van der Waals surface area (Å²) < 4.78 is 1.06. The largest absolute Gasteiger partial charge is 0.344 e. The lowest BCUT2D eigenvalue weighted by Crippen LogP contribution is -2.30. The number of nitrogens with one attached hydrogen (secondary N) is 1. The molecule has 1 atom stereocenters. The first kappa shape index (κ1) is 15.7. The van der Waals surface area contributed by atoms with Crippen LogP contribution < -0.4 is 5.32 Å². The fourth-order valence-electron chi connectivity index (χ4n) is 3.45. The second-order valence-electron chi connectivity index (χ2n) is 6.36. The van der Waals surface area contributed by atoms with Crippen molar-refractivity contribution in [2.75, 3.05) is 0 Å². The molecule has 0 saturated carbocycles. The number of rotatable bonds is 2. The Kier molecular flexibility index (Phi) is 4.07. The summed E-state index contributed by atoms with van der Waals surface area (Å²) in [5.74, 6) is -0.0689. The Morgan fingerprint density at radius 1 is 1.25 bits per heavy atom. The van der Waals surface area contributed by atoms with Gasteiger partial charge in [0.1, 0.15) is 4.88 Å². The van der Waals surface area contributed by atoms with Crippen LogP contribution in [0.1, 0.15) is 45.2 Å². The molecule has 3 aromatic rings. The van der Waals surface area contributed by atoms with E-state index in [9.17, 15) is 4.79 Å². The van der Waals surface area contributed by atoms with Gasteiger partial charge in [-0.15, -0.1) is 11.3 Å². The van der Waals surface area contributed by atoms with Gasteiger partial charge in [0.15, 0.2) is 0 Å². The van der Waals surface area contributed by atoms with Gasteiger partial charge in [-0.3, -0.25) is 4.79 Å². The Bertz CT molecular complexity index is 931. The molecule has 1 amide bonds. The number of hydrogen-bond donors (Lipinski definition) is 1. The molecule has 1 heterocycles. The van der Waals surface area contributed by atoms with Gasteiger partial charge in [-0.1, -0.05) is 48.0 Å². The molecule has 0 radical (unpaired) electrons. The average molecular weight is 356 g/mol. The number of carbonyl (C=O) groups excluding carboxylic acids is 1. The number of thiophene rings is 1. The number of carbonyl (C=O) groups is 1. The lowest BCUT2D eigenvalue weighted by Gasteiger charge is -2.26. The quantitative estimate of drug-likeness (QED) is 0.630. The van der Waals surface area contributed by atoms with Crippen molar-refractivity contribution >= 4 is 38.9 Å². The van der Waals surface area contributed by atoms with Crippen LogP contribution in [0.2, 0.25) is 5.02 Å². The molecule has 122 valence electrons. The molecule has 4 heteroatoms. The highest BCUT2D eigenvalue weighted by molar-refractivity contribution is 7.21. The lowest BCUT2D eigenvalue weighted by atomic mass is 9.88. The predicted octanol–water partition coefficient (Wildman–Crippen LogP) is 5.67. The van der Waals surface area contributed by atoms with Gasteiger partial charge in [0.25, 0.3) is 5.91 Å². The number of hydrogen-bond acceptors (Lipinski definition) is 2. The van der Waals surface area contributed by atoms with Crippen molar-refractivity contribution in [3.05, 3.63) is 69.1 Å². The highest BCUT2D eigenvalue weighted by Gasteiger charge is 2.24. The number of halogens is 1. The van der Waals surface area contributed by atoms with Gasteiger partial charge in [0, 0.05) is 10.1 Å². The summed E-state index contributed by atoms with van der Waals surface area (Å²) in [6.07, 6.45) is 3.16. The van der Waals surface area contributed by atoms with Crippen molar-refractivity contribution in [1.29, 1.82) is 0 Å². The first-order chi connectivity index (χ1) is 11.6. The van der Waals surface area contributed by atoms with Gasteiger partial charge in [0.05, 0.1) is 11.1 Å². The zero-order valence-electron chi connectivity index (χ0n) is 13.4. The second-order valence-corrected chi connectivity index (χ2v) is 7.79. The summed E-state index contributed by atoms with van der Waals surface area (Å²) in [5.41, 5.74) is 3.76. The van der Waals surface area contributed by atoms with E-state index in [1.807, 2.05) is 25.1 Å². The van der Waals surface area contributed by atoms with E-state index in [2.05, 4.69) is 29.6 Å². The zero-order valence-corrected chi connectivity index (χ0v) is 15.0. The first-order valence-corrected chi connectivity index (χ1v) is 9.40. The summed E-state index contributed by atoms with van der Waals surface area (Å²) in [7, 11) is 0. The Morgan fingerprint density at radius 3 is 2.96 bits per heavy atom. The average Bonchev–Trinajstić information content (AvgIpc) is 2.91. The molecule has 0 spiro atoms. The molecule has 1 aromatic heterocycles. The van der Waals surface area contributed by atoms with Crippen LogP contribution >= 0.6 is 22.9 Å². The van der Waals surface area contributed by atoms with E-state index in [0.29, 0.717) is 9.90 Å². The Morgan fingerprint density at radius 2 is 2.08 bits per heavy atom. The third-order valence-electron chi connectivity index (χ3n) is 4.67. The third-order valence-corrected chi connectivity index (χ3v) is 6.32. The number of aryl methyl sites for hydroxylation is 2. The highest BCUT2D eigenvalue weighted by atomic mass is 35.5. The maximum Gasteiger partial charge on any atom is 0.263 e. The Hall–Kier alpha value is -1.84. The van der Waals surface area contributed by atoms with Crippen molar-refractivity contribution in [3.63, 3.8) is 0 Å². The molecular formula is C20H18ClNOS. The highest BCUT2D eigenvalue weighted by Crippen LogP contribution is 2.37. The van der Waals surface area contributed by atoms with Crippen molar-refractivity contribution in [2.45, 2.75) is 32.2 Å². The minimum absolute atomic E-state index is 0.0689. The van der Waals surface area contributed by atoms with Crippen LogP contribution in [0.25, 0.3) is 10.1 Å². The normalized spacial score (nSPS) is 16.8. The van der Waals surface area contributed by atoms with Crippen molar-refractivity contribution < 1.29 is 4.79 Å². The van der Waals surface area contributed by atoms with Gasteiger partial charge in [-0.2, -0.15) is 0 Å². The smallest absolute Gasteiger partial charge is 0.263 e. The molecule has 2 aromatic carbocycles. The Labute approximate surface area is 150 Å². The SMILES string of the molecule is Cc1ccc2c(Cl)c(C(=O)N[C@@H]3CCCc4ccccc43)sc2c1. The van der Waals surface area contributed by atoms with Crippen LogP contribution in [-0.2, 0) is 6.42 Å². The van der Waals surface area contributed by atoms with Gasteiger partial charge < -0.3 is 5.32 Å². The van der Waals surface area contributed by atoms with E-state index >= 15 is 0 Å². The monoisotopic (exact) mass is 355 g/mol. The van der Waals surface area contributed by atoms with Crippen LogP contribution in [0.4, 0.5) is 0 Å². The maximum absolute atomic E-state index is 12.8.